The molecule has 1 unspecified atom stereocenters. The third-order valence-corrected chi connectivity index (χ3v) is 2.48. The Morgan fingerprint density at radius 2 is 2.15 bits per heavy atom. The predicted octanol–water partition coefficient (Wildman–Crippen LogP) is 2.27. The molecule has 0 spiro atoms. The second-order valence-electron chi connectivity index (χ2n) is 3.54. The average molecular weight is 178 g/mol. The fourth-order valence-corrected chi connectivity index (χ4v) is 1.37. The van der Waals surface area contributed by atoms with E-state index in [-0.39, 0.29) is 0 Å². The molecule has 1 aromatic heterocycles. The maximum Gasteiger partial charge on any atom is 0.0604 e. The van der Waals surface area contributed by atoms with Crippen molar-refractivity contribution in [2.24, 2.45) is 0 Å². The van der Waals surface area contributed by atoms with Crippen molar-refractivity contribution in [3.05, 3.63) is 29.6 Å². The summed E-state index contributed by atoms with van der Waals surface area (Å²) in [6.07, 6.45) is 2.93. The number of nitrogens with zero attached hydrogens (tertiary/aromatic N) is 2. The Morgan fingerprint density at radius 3 is 2.69 bits per heavy atom. The van der Waals surface area contributed by atoms with Crippen LogP contribution in [-0.4, -0.2) is 24.0 Å². The topological polar surface area (TPSA) is 16.1 Å². The van der Waals surface area contributed by atoms with Gasteiger partial charge in [-0.25, -0.2) is 0 Å². The van der Waals surface area contributed by atoms with Crippen LogP contribution in [0.3, 0.4) is 0 Å². The molecule has 1 rings (SSSR count). The fourth-order valence-electron chi connectivity index (χ4n) is 1.37. The number of aryl methyl sites for hydroxylation is 1. The molecule has 1 atom stereocenters. The highest BCUT2D eigenvalue weighted by atomic mass is 15.1. The Labute approximate surface area is 80.6 Å². The number of pyridine rings is 1. The van der Waals surface area contributed by atoms with E-state index in [1.807, 2.05) is 12.3 Å². The molecule has 0 N–H and O–H groups in total. The van der Waals surface area contributed by atoms with Crippen LogP contribution in [0.25, 0.3) is 0 Å². The van der Waals surface area contributed by atoms with Crippen LogP contribution in [0.1, 0.15) is 31.1 Å². The van der Waals surface area contributed by atoms with E-state index in [1.165, 1.54) is 11.3 Å². The Hall–Kier alpha value is -0.890. The van der Waals surface area contributed by atoms with Gasteiger partial charge in [-0.3, -0.25) is 4.98 Å². The second kappa shape index (κ2) is 4.38. The second-order valence-corrected chi connectivity index (χ2v) is 3.54. The Kier molecular flexibility index (Phi) is 3.43. The standard InChI is InChI=1S/C11H18N2/c1-5-10-7-6-8-12-11(10)9(2)13(3)4/h6-9H,5H2,1-4H3. The summed E-state index contributed by atoms with van der Waals surface area (Å²) in [5.74, 6) is 0. The molecule has 0 aliphatic rings. The maximum absolute atomic E-state index is 4.43. The summed E-state index contributed by atoms with van der Waals surface area (Å²) in [5, 5.41) is 0. The highest BCUT2D eigenvalue weighted by molar-refractivity contribution is 5.22. The lowest BCUT2D eigenvalue weighted by Gasteiger charge is -2.21. The van der Waals surface area contributed by atoms with Gasteiger partial charge < -0.3 is 4.90 Å². The van der Waals surface area contributed by atoms with Crippen LogP contribution in [0.15, 0.2) is 18.3 Å². The van der Waals surface area contributed by atoms with Gasteiger partial charge in [0, 0.05) is 12.2 Å². The van der Waals surface area contributed by atoms with E-state index in [1.54, 1.807) is 0 Å². The van der Waals surface area contributed by atoms with E-state index in [0.717, 1.165) is 6.42 Å². The molecule has 2 heteroatoms. The Morgan fingerprint density at radius 1 is 1.46 bits per heavy atom. The lowest BCUT2D eigenvalue weighted by atomic mass is 10.1. The lowest BCUT2D eigenvalue weighted by Crippen LogP contribution is -2.19. The van der Waals surface area contributed by atoms with Gasteiger partial charge in [-0.05, 0) is 39.1 Å². The molecule has 0 aliphatic carbocycles. The van der Waals surface area contributed by atoms with Gasteiger partial charge in [-0.2, -0.15) is 0 Å². The summed E-state index contributed by atoms with van der Waals surface area (Å²) in [4.78, 5) is 6.61. The average Bonchev–Trinajstić information content (AvgIpc) is 2.16. The third-order valence-electron chi connectivity index (χ3n) is 2.48. The summed E-state index contributed by atoms with van der Waals surface area (Å²) in [6.45, 7) is 4.35. The molecule has 0 bridgehead atoms. The molecule has 0 aliphatic heterocycles. The summed E-state index contributed by atoms with van der Waals surface area (Å²) in [7, 11) is 4.16. The van der Waals surface area contributed by atoms with E-state index >= 15 is 0 Å². The minimum Gasteiger partial charge on any atom is -0.301 e. The summed E-state index contributed by atoms with van der Waals surface area (Å²) < 4.78 is 0. The van der Waals surface area contributed by atoms with Gasteiger partial charge in [0.1, 0.15) is 0 Å². The van der Waals surface area contributed by atoms with Gasteiger partial charge in [0.05, 0.1) is 5.69 Å². The van der Waals surface area contributed by atoms with Gasteiger partial charge >= 0.3 is 0 Å². The first-order valence-electron chi connectivity index (χ1n) is 4.77. The zero-order valence-electron chi connectivity index (χ0n) is 8.91. The van der Waals surface area contributed by atoms with Crippen LogP contribution in [0.4, 0.5) is 0 Å². The van der Waals surface area contributed by atoms with Crippen LogP contribution >= 0.6 is 0 Å². The van der Waals surface area contributed by atoms with Crippen molar-refractivity contribution in [2.75, 3.05) is 14.1 Å². The van der Waals surface area contributed by atoms with Gasteiger partial charge in [0.15, 0.2) is 0 Å². The highest BCUT2D eigenvalue weighted by Gasteiger charge is 2.11. The highest BCUT2D eigenvalue weighted by Crippen LogP contribution is 2.18. The summed E-state index contributed by atoms with van der Waals surface area (Å²) in [5.41, 5.74) is 2.55. The zero-order chi connectivity index (χ0) is 9.84. The normalized spacial score (nSPS) is 13.3. The smallest absolute Gasteiger partial charge is 0.0604 e. The minimum absolute atomic E-state index is 0.399. The van der Waals surface area contributed by atoms with Crippen LogP contribution in [0, 0.1) is 0 Å². The molecule has 1 aromatic rings. The monoisotopic (exact) mass is 178 g/mol. The molecule has 2 nitrogen and oxygen atoms in total. The first kappa shape index (κ1) is 10.2. The van der Waals surface area contributed by atoms with Crippen molar-refractivity contribution in [3.8, 4) is 0 Å². The molecule has 0 aromatic carbocycles. The molecule has 0 saturated carbocycles. The molecule has 0 radical (unpaired) electrons. The zero-order valence-corrected chi connectivity index (χ0v) is 8.91. The minimum atomic E-state index is 0.399. The van der Waals surface area contributed by atoms with Gasteiger partial charge in [0.25, 0.3) is 0 Å². The first-order chi connectivity index (χ1) is 6.16. The molecule has 1 heterocycles. The molecule has 72 valence electrons. The number of aromatic nitrogens is 1. The van der Waals surface area contributed by atoms with Gasteiger partial charge in [-0.1, -0.05) is 13.0 Å². The Balaban J connectivity index is 2.98. The summed E-state index contributed by atoms with van der Waals surface area (Å²) in [6, 6.07) is 4.56. The molecular formula is C11H18N2. The number of rotatable bonds is 3. The van der Waals surface area contributed by atoms with E-state index in [4.69, 9.17) is 0 Å². The number of hydrogen-bond acceptors (Lipinski definition) is 2. The maximum atomic E-state index is 4.43. The number of hydrogen-bond donors (Lipinski definition) is 0. The first-order valence-corrected chi connectivity index (χ1v) is 4.77. The van der Waals surface area contributed by atoms with E-state index < -0.39 is 0 Å². The lowest BCUT2D eigenvalue weighted by molar-refractivity contribution is 0.313. The molecule has 0 fully saturated rings. The molecule has 13 heavy (non-hydrogen) atoms. The van der Waals surface area contributed by atoms with Crippen molar-refractivity contribution < 1.29 is 0 Å². The van der Waals surface area contributed by atoms with Crippen molar-refractivity contribution in [2.45, 2.75) is 26.3 Å². The van der Waals surface area contributed by atoms with E-state index in [9.17, 15) is 0 Å². The molecule has 0 amide bonds. The Bertz CT molecular complexity index is 269. The van der Waals surface area contributed by atoms with Crippen molar-refractivity contribution in [1.82, 2.24) is 9.88 Å². The van der Waals surface area contributed by atoms with Crippen LogP contribution in [0.2, 0.25) is 0 Å². The van der Waals surface area contributed by atoms with Crippen LogP contribution in [-0.2, 0) is 6.42 Å². The largest absolute Gasteiger partial charge is 0.301 e. The van der Waals surface area contributed by atoms with Crippen molar-refractivity contribution >= 4 is 0 Å². The van der Waals surface area contributed by atoms with Gasteiger partial charge in [-0.15, -0.1) is 0 Å². The predicted molar refractivity (Wildman–Crippen MR) is 55.7 cm³/mol. The molecular weight excluding hydrogens is 160 g/mol. The van der Waals surface area contributed by atoms with Crippen molar-refractivity contribution in [3.63, 3.8) is 0 Å². The van der Waals surface area contributed by atoms with Crippen LogP contribution < -0.4 is 0 Å². The fraction of sp³-hybridized carbons (Fsp3) is 0.545. The van der Waals surface area contributed by atoms with Crippen LogP contribution in [0.5, 0.6) is 0 Å². The van der Waals surface area contributed by atoms with E-state index in [0.29, 0.717) is 6.04 Å². The van der Waals surface area contributed by atoms with Crippen molar-refractivity contribution in [1.29, 1.82) is 0 Å². The quantitative estimate of drug-likeness (QED) is 0.706. The van der Waals surface area contributed by atoms with Gasteiger partial charge in [0.2, 0.25) is 0 Å². The summed E-state index contributed by atoms with van der Waals surface area (Å²) >= 11 is 0. The molecule has 0 saturated heterocycles. The SMILES string of the molecule is CCc1cccnc1C(C)N(C)C. The van der Waals surface area contributed by atoms with E-state index in [2.05, 4.69) is 43.9 Å². The third kappa shape index (κ3) is 2.28.